The number of nitrogens with zero attached hydrogens (tertiary/aromatic N) is 2. The highest BCUT2D eigenvalue weighted by Crippen LogP contribution is 2.04. The molecule has 0 radical (unpaired) electrons. The van der Waals surface area contributed by atoms with E-state index >= 15 is 0 Å². The maximum Gasteiger partial charge on any atom is 0.228 e. The highest BCUT2D eigenvalue weighted by atomic mass is 32.2. The third kappa shape index (κ3) is 3.04. The number of nitrogens with one attached hydrogen (secondary N) is 2. The minimum Gasteiger partial charge on any atom is -0.285 e. The van der Waals surface area contributed by atoms with E-state index in [4.69, 9.17) is 5.26 Å². The van der Waals surface area contributed by atoms with Crippen LogP contribution in [0.5, 0.6) is 0 Å². The smallest absolute Gasteiger partial charge is 0.228 e. The average Bonchev–Trinajstić information content (AvgIpc) is 2.69. The van der Waals surface area contributed by atoms with Gasteiger partial charge in [0.05, 0.1) is 12.3 Å². The highest BCUT2D eigenvalue weighted by Gasteiger charge is 2.22. The number of nitriles is 1. The predicted octanol–water partition coefficient (Wildman–Crippen LogP) is 0.131. The van der Waals surface area contributed by atoms with Crippen molar-refractivity contribution < 1.29 is 8.42 Å². The van der Waals surface area contributed by atoms with Gasteiger partial charge >= 0.3 is 0 Å². The third-order valence-corrected chi connectivity index (χ3v) is 3.66. The van der Waals surface area contributed by atoms with E-state index in [2.05, 4.69) is 14.9 Å². The minimum atomic E-state index is -3.55. The normalized spacial score (nSPS) is 13.3. The van der Waals surface area contributed by atoms with Crippen molar-refractivity contribution in [2.24, 2.45) is 0 Å². The van der Waals surface area contributed by atoms with Crippen molar-refractivity contribution >= 4 is 10.0 Å². The molecule has 1 atom stereocenters. The molecule has 0 aromatic carbocycles. The van der Waals surface area contributed by atoms with Crippen LogP contribution in [0.25, 0.3) is 0 Å². The molecule has 1 aromatic rings. The van der Waals surface area contributed by atoms with Crippen LogP contribution < -0.4 is 4.72 Å². The molecule has 0 amide bonds. The summed E-state index contributed by atoms with van der Waals surface area (Å²) in [6.07, 6.45) is 3.39. The Morgan fingerprint density at radius 1 is 1.73 bits per heavy atom. The lowest BCUT2D eigenvalue weighted by Gasteiger charge is -2.08. The first-order valence-corrected chi connectivity index (χ1v) is 6.00. The maximum absolute atomic E-state index is 11.5. The van der Waals surface area contributed by atoms with E-state index in [-0.39, 0.29) is 13.0 Å². The lowest BCUT2D eigenvalue weighted by molar-refractivity contribution is 0.572. The summed E-state index contributed by atoms with van der Waals surface area (Å²) >= 11 is 0. The fourth-order valence-electron chi connectivity index (χ4n) is 1.04. The Hall–Kier alpha value is -1.39. The van der Waals surface area contributed by atoms with Crippen molar-refractivity contribution in [1.29, 1.82) is 5.26 Å². The largest absolute Gasteiger partial charge is 0.285 e. The molecule has 0 saturated heterocycles. The van der Waals surface area contributed by atoms with Gasteiger partial charge < -0.3 is 0 Å². The Morgan fingerprint density at radius 2 is 2.47 bits per heavy atom. The molecule has 0 bridgehead atoms. The zero-order valence-electron chi connectivity index (χ0n) is 8.27. The van der Waals surface area contributed by atoms with E-state index in [9.17, 15) is 8.42 Å². The van der Waals surface area contributed by atoms with Crippen LogP contribution in [-0.4, -0.2) is 23.9 Å². The molecule has 0 aliphatic heterocycles. The SMILES string of the molecule is CCC(C#N)S(=O)(=O)NCc1cn[nH]c1. The molecule has 0 spiro atoms. The van der Waals surface area contributed by atoms with Crippen molar-refractivity contribution in [3.63, 3.8) is 0 Å². The van der Waals surface area contributed by atoms with Gasteiger partial charge in [0.2, 0.25) is 10.0 Å². The summed E-state index contributed by atoms with van der Waals surface area (Å²) < 4.78 is 25.4. The number of hydrogen-bond donors (Lipinski definition) is 2. The molecule has 1 unspecified atom stereocenters. The van der Waals surface area contributed by atoms with Crippen LogP contribution in [0.2, 0.25) is 0 Å². The van der Waals surface area contributed by atoms with Gasteiger partial charge in [-0.25, -0.2) is 13.1 Å². The fraction of sp³-hybridized carbons (Fsp3) is 0.500. The quantitative estimate of drug-likeness (QED) is 0.748. The van der Waals surface area contributed by atoms with Crippen LogP contribution in [0.1, 0.15) is 18.9 Å². The lowest BCUT2D eigenvalue weighted by Crippen LogP contribution is -2.32. The van der Waals surface area contributed by atoms with Crippen LogP contribution >= 0.6 is 0 Å². The topological polar surface area (TPSA) is 98.6 Å². The average molecular weight is 228 g/mol. The van der Waals surface area contributed by atoms with Gasteiger partial charge in [-0.15, -0.1) is 0 Å². The third-order valence-electron chi connectivity index (χ3n) is 1.92. The second-order valence-electron chi connectivity index (χ2n) is 3.00. The number of aromatic nitrogens is 2. The van der Waals surface area contributed by atoms with Crippen LogP contribution in [0.3, 0.4) is 0 Å². The van der Waals surface area contributed by atoms with Gasteiger partial charge in [-0.1, -0.05) is 6.92 Å². The first-order chi connectivity index (χ1) is 7.10. The predicted molar refractivity (Wildman–Crippen MR) is 54.0 cm³/mol. The molecule has 2 N–H and O–H groups in total. The van der Waals surface area contributed by atoms with E-state index < -0.39 is 15.3 Å². The summed E-state index contributed by atoms with van der Waals surface area (Å²) in [5, 5.41) is 13.9. The van der Waals surface area contributed by atoms with Crippen molar-refractivity contribution in [3.8, 4) is 6.07 Å². The highest BCUT2D eigenvalue weighted by molar-refractivity contribution is 7.90. The summed E-state index contributed by atoms with van der Waals surface area (Å²) in [6.45, 7) is 1.81. The van der Waals surface area contributed by atoms with Gasteiger partial charge in [0.15, 0.2) is 5.25 Å². The van der Waals surface area contributed by atoms with Crippen LogP contribution in [0.4, 0.5) is 0 Å². The van der Waals surface area contributed by atoms with Gasteiger partial charge in [0.1, 0.15) is 0 Å². The zero-order chi connectivity index (χ0) is 11.3. The summed E-state index contributed by atoms with van der Waals surface area (Å²) in [5.41, 5.74) is 0.728. The van der Waals surface area contributed by atoms with Gasteiger partial charge in [-0.2, -0.15) is 10.4 Å². The summed E-state index contributed by atoms with van der Waals surface area (Å²) in [7, 11) is -3.55. The summed E-state index contributed by atoms with van der Waals surface area (Å²) in [6, 6.07) is 1.75. The zero-order valence-corrected chi connectivity index (χ0v) is 9.08. The molecular weight excluding hydrogens is 216 g/mol. The first kappa shape index (κ1) is 11.7. The summed E-state index contributed by atoms with van der Waals surface area (Å²) in [4.78, 5) is 0. The standard InChI is InChI=1S/C8H12N4O2S/c1-2-8(3-9)15(13,14)12-6-7-4-10-11-5-7/h4-5,8,12H,2,6H2,1H3,(H,10,11). The van der Waals surface area contributed by atoms with Crippen LogP contribution in [0, 0.1) is 11.3 Å². The molecule has 82 valence electrons. The van der Waals surface area contributed by atoms with Crippen molar-refractivity contribution in [1.82, 2.24) is 14.9 Å². The molecule has 0 fully saturated rings. The maximum atomic E-state index is 11.5. The van der Waals surface area contributed by atoms with Gasteiger partial charge in [0.25, 0.3) is 0 Å². The molecule has 1 rings (SSSR count). The van der Waals surface area contributed by atoms with E-state index in [0.717, 1.165) is 5.56 Å². The first-order valence-electron chi connectivity index (χ1n) is 4.46. The number of hydrogen-bond acceptors (Lipinski definition) is 4. The number of sulfonamides is 1. The fourth-order valence-corrected chi connectivity index (χ4v) is 2.19. The van der Waals surface area contributed by atoms with E-state index in [1.807, 2.05) is 0 Å². The molecule has 15 heavy (non-hydrogen) atoms. The molecule has 6 nitrogen and oxygen atoms in total. The van der Waals surface area contributed by atoms with Crippen molar-refractivity contribution in [2.45, 2.75) is 25.1 Å². The van der Waals surface area contributed by atoms with E-state index in [1.54, 1.807) is 19.2 Å². The Labute approximate surface area is 88.4 Å². The van der Waals surface area contributed by atoms with Crippen molar-refractivity contribution in [3.05, 3.63) is 18.0 Å². The lowest BCUT2D eigenvalue weighted by atomic mass is 10.4. The van der Waals surface area contributed by atoms with E-state index in [1.165, 1.54) is 6.20 Å². The Bertz CT molecular complexity index is 432. The minimum absolute atomic E-state index is 0.150. The van der Waals surface area contributed by atoms with Gasteiger partial charge in [0, 0.05) is 18.3 Å². The Balaban J connectivity index is 2.62. The van der Waals surface area contributed by atoms with Crippen LogP contribution in [-0.2, 0) is 16.6 Å². The Kier molecular flexibility index (Phi) is 3.82. The molecule has 1 aromatic heterocycles. The number of rotatable bonds is 5. The molecule has 7 heteroatoms. The van der Waals surface area contributed by atoms with E-state index in [0.29, 0.717) is 0 Å². The molecule has 0 aliphatic carbocycles. The second kappa shape index (κ2) is 4.91. The Morgan fingerprint density at radius 3 is 2.93 bits per heavy atom. The monoisotopic (exact) mass is 228 g/mol. The van der Waals surface area contributed by atoms with Crippen molar-refractivity contribution in [2.75, 3.05) is 0 Å². The summed E-state index contributed by atoms with van der Waals surface area (Å²) in [5.74, 6) is 0. The van der Waals surface area contributed by atoms with Crippen LogP contribution in [0.15, 0.2) is 12.4 Å². The molecule has 1 heterocycles. The number of aromatic amines is 1. The second-order valence-corrected chi connectivity index (χ2v) is 4.95. The molecule has 0 saturated carbocycles. The molecule has 0 aliphatic rings. The van der Waals surface area contributed by atoms with Gasteiger partial charge in [-0.3, -0.25) is 5.10 Å². The molecular formula is C8H12N4O2S. The van der Waals surface area contributed by atoms with Gasteiger partial charge in [-0.05, 0) is 6.42 Å². The number of H-pyrrole nitrogens is 1.